The largest absolute Gasteiger partial charge is 0.494 e. The van der Waals surface area contributed by atoms with Gasteiger partial charge in [-0.1, -0.05) is 18.2 Å². The molecule has 1 aliphatic carbocycles. The van der Waals surface area contributed by atoms with Crippen LogP contribution >= 0.6 is 0 Å². The Labute approximate surface area is 212 Å². The third-order valence-electron chi connectivity index (χ3n) is 6.06. The Kier molecular flexibility index (Phi) is 6.98. The molecule has 0 spiro atoms. The van der Waals surface area contributed by atoms with E-state index in [1.807, 2.05) is 0 Å². The van der Waals surface area contributed by atoms with E-state index in [0.717, 1.165) is 30.5 Å². The summed E-state index contributed by atoms with van der Waals surface area (Å²) in [6.45, 7) is 1.95. The van der Waals surface area contributed by atoms with Gasteiger partial charge in [-0.2, -0.15) is 0 Å². The zero-order chi connectivity index (χ0) is 25.8. The van der Waals surface area contributed by atoms with E-state index in [1.54, 1.807) is 43.5 Å². The van der Waals surface area contributed by atoms with Gasteiger partial charge in [0.1, 0.15) is 41.1 Å². The summed E-state index contributed by atoms with van der Waals surface area (Å²) in [6.07, 6.45) is 5.68. The van der Waals surface area contributed by atoms with Crippen LogP contribution in [0.25, 0.3) is 0 Å². The molecular weight excluding hydrogens is 476 g/mol. The fraction of sp³-hybridized carbons (Fsp3) is 0.222. The standard InChI is InChI=1S/C27H25F2N7O/c1-2-37-16-12-20(28)19(21(29)13-16)14-32-22-8-4-3-6-17(22)25(30)27-34-23-9-5-7-18(23)26(36-27)35-24-10-11-31-15-33-24/h3-4,6,8,10-13,15,30,32H,2,5,7,9,14H2,1H3,(H,31,33,34,35,36). The maximum Gasteiger partial charge on any atom is 0.180 e. The highest BCUT2D eigenvalue weighted by atomic mass is 19.1. The molecule has 0 atom stereocenters. The number of aromatic nitrogens is 4. The molecule has 1 aliphatic rings. The molecule has 4 aromatic rings. The first kappa shape index (κ1) is 24.2. The first-order valence-corrected chi connectivity index (χ1v) is 12.0. The van der Waals surface area contributed by atoms with Crippen molar-refractivity contribution in [2.24, 2.45) is 0 Å². The molecule has 2 aromatic carbocycles. The van der Waals surface area contributed by atoms with E-state index in [1.165, 1.54) is 18.5 Å². The summed E-state index contributed by atoms with van der Waals surface area (Å²) in [5.41, 5.74) is 2.94. The van der Waals surface area contributed by atoms with Crippen LogP contribution in [0.15, 0.2) is 55.0 Å². The third-order valence-corrected chi connectivity index (χ3v) is 6.06. The quantitative estimate of drug-likeness (QED) is 0.270. The van der Waals surface area contributed by atoms with Crippen LogP contribution in [-0.4, -0.2) is 32.3 Å². The van der Waals surface area contributed by atoms with Crippen molar-refractivity contribution in [3.63, 3.8) is 0 Å². The molecule has 0 radical (unpaired) electrons. The molecule has 10 heteroatoms. The van der Waals surface area contributed by atoms with Gasteiger partial charge in [-0.3, -0.25) is 5.41 Å². The van der Waals surface area contributed by atoms with Crippen LogP contribution in [0, 0.1) is 17.0 Å². The fourth-order valence-electron chi connectivity index (χ4n) is 4.29. The third kappa shape index (κ3) is 5.23. The Bertz CT molecular complexity index is 1420. The van der Waals surface area contributed by atoms with Crippen molar-refractivity contribution in [1.29, 1.82) is 5.41 Å². The molecule has 5 rings (SSSR count). The summed E-state index contributed by atoms with van der Waals surface area (Å²) in [6, 6.07) is 11.2. The lowest BCUT2D eigenvalue weighted by Crippen LogP contribution is -2.15. The highest BCUT2D eigenvalue weighted by Gasteiger charge is 2.23. The topological polar surface area (TPSA) is 109 Å². The van der Waals surface area contributed by atoms with Crippen molar-refractivity contribution in [2.75, 3.05) is 17.2 Å². The number of anilines is 3. The first-order valence-electron chi connectivity index (χ1n) is 12.0. The summed E-state index contributed by atoms with van der Waals surface area (Å²) in [7, 11) is 0. The van der Waals surface area contributed by atoms with Crippen molar-refractivity contribution < 1.29 is 13.5 Å². The summed E-state index contributed by atoms with van der Waals surface area (Å²) >= 11 is 0. The number of nitrogens with zero attached hydrogens (tertiary/aromatic N) is 4. The Morgan fingerprint density at radius 3 is 2.65 bits per heavy atom. The van der Waals surface area contributed by atoms with Crippen molar-refractivity contribution >= 4 is 23.0 Å². The summed E-state index contributed by atoms with van der Waals surface area (Å²) < 4.78 is 34.4. The number of hydrogen-bond acceptors (Lipinski definition) is 8. The molecule has 0 aliphatic heterocycles. The van der Waals surface area contributed by atoms with Crippen LogP contribution in [0.3, 0.4) is 0 Å². The van der Waals surface area contributed by atoms with Gasteiger partial charge in [0.05, 0.1) is 6.61 Å². The lowest BCUT2D eigenvalue weighted by molar-refractivity contribution is 0.335. The average Bonchev–Trinajstić information content (AvgIpc) is 3.38. The zero-order valence-electron chi connectivity index (χ0n) is 20.2. The van der Waals surface area contributed by atoms with Gasteiger partial charge >= 0.3 is 0 Å². The molecule has 0 unspecified atom stereocenters. The minimum Gasteiger partial charge on any atom is -0.494 e. The molecule has 8 nitrogen and oxygen atoms in total. The molecule has 2 aromatic heterocycles. The number of benzene rings is 2. The molecule has 188 valence electrons. The molecule has 0 saturated heterocycles. The molecule has 3 N–H and O–H groups in total. The Morgan fingerprint density at radius 1 is 1.08 bits per heavy atom. The van der Waals surface area contributed by atoms with Crippen molar-refractivity contribution in [2.45, 2.75) is 32.7 Å². The van der Waals surface area contributed by atoms with E-state index in [-0.39, 0.29) is 29.4 Å². The van der Waals surface area contributed by atoms with Crippen LogP contribution in [0.4, 0.5) is 26.1 Å². The van der Waals surface area contributed by atoms with Crippen molar-refractivity contribution in [3.8, 4) is 5.75 Å². The lowest BCUT2D eigenvalue weighted by Gasteiger charge is -2.16. The summed E-state index contributed by atoms with van der Waals surface area (Å²) in [4.78, 5) is 17.5. The molecule has 0 amide bonds. The second kappa shape index (κ2) is 10.7. The van der Waals surface area contributed by atoms with Gasteiger partial charge in [-0.05, 0) is 38.3 Å². The SMILES string of the molecule is CCOc1cc(F)c(CNc2ccccc2C(=N)c2nc3c(c(Nc4ccncn4)n2)CCC3)c(F)c1. The Balaban J connectivity index is 1.42. The van der Waals surface area contributed by atoms with Crippen LogP contribution in [-0.2, 0) is 19.4 Å². The predicted molar refractivity (Wildman–Crippen MR) is 137 cm³/mol. The van der Waals surface area contributed by atoms with E-state index in [9.17, 15) is 8.78 Å². The van der Waals surface area contributed by atoms with Crippen molar-refractivity contribution in [3.05, 3.63) is 94.8 Å². The molecule has 0 bridgehead atoms. The number of ether oxygens (including phenoxy) is 1. The highest BCUT2D eigenvalue weighted by Crippen LogP contribution is 2.29. The summed E-state index contributed by atoms with van der Waals surface area (Å²) in [5, 5.41) is 15.2. The van der Waals surface area contributed by atoms with Gasteiger partial charge in [0, 0.05) is 52.9 Å². The minimum absolute atomic E-state index is 0.0937. The second-order valence-electron chi connectivity index (χ2n) is 8.47. The molecule has 37 heavy (non-hydrogen) atoms. The van der Waals surface area contributed by atoms with Gasteiger partial charge in [0.2, 0.25) is 0 Å². The van der Waals surface area contributed by atoms with Gasteiger partial charge in [-0.15, -0.1) is 0 Å². The predicted octanol–water partition coefficient (Wildman–Crippen LogP) is 5.20. The molecule has 0 fully saturated rings. The maximum atomic E-state index is 14.6. The number of rotatable bonds is 9. The monoisotopic (exact) mass is 501 g/mol. The van der Waals surface area contributed by atoms with Gasteiger partial charge in [0.15, 0.2) is 5.82 Å². The van der Waals surface area contributed by atoms with Crippen LogP contribution < -0.4 is 15.4 Å². The average molecular weight is 502 g/mol. The number of nitrogens with one attached hydrogen (secondary N) is 3. The highest BCUT2D eigenvalue weighted by molar-refractivity contribution is 6.12. The number of aryl methyl sites for hydroxylation is 1. The smallest absolute Gasteiger partial charge is 0.180 e. The maximum absolute atomic E-state index is 14.6. The zero-order valence-corrected chi connectivity index (χ0v) is 20.2. The van der Waals surface area contributed by atoms with E-state index < -0.39 is 11.6 Å². The van der Waals surface area contributed by atoms with Crippen LogP contribution in [0.5, 0.6) is 5.75 Å². The molecular formula is C27H25F2N7O. The Hall–Kier alpha value is -4.47. The molecule has 0 saturated carbocycles. The van der Waals surface area contributed by atoms with Gasteiger partial charge in [-0.25, -0.2) is 28.7 Å². The van der Waals surface area contributed by atoms with E-state index in [0.29, 0.717) is 29.5 Å². The fourth-order valence-corrected chi connectivity index (χ4v) is 4.29. The number of hydrogen-bond donors (Lipinski definition) is 3. The number of para-hydroxylation sites is 1. The normalized spacial score (nSPS) is 12.2. The Morgan fingerprint density at radius 2 is 1.89 bits per heavy atom. The van der Waals surface area contributed by atoms with E-state index in [2.05, 4.69) is 30.6 Å². The van der Waals surface area contributed by atoms with Crippen LogP contribution in [0.1, 0.15) is 41.6 Å². The van der Waals surface area contributed by atoms with Gasteiger partial charge < -0.3 is 15.4 Å². The summed E-state index contributed by atoms with van der Waals surface area (Å²) in [5.74, 6) is 0.205. The number of halogens is 2. The van der Waals surface area contributed by atoms with Crippen molar-refractivity contribution in [1.82, 2.24) is 19.9 Å². The van der Waals surface area contributed by atoms with E-state index >= 15 is 0 Å². The lowest BCUT2D eigenvalue weighted by atomic mass is 10.1. The minimum atomic E-state index is -0.703. The first-order chi connectivity index (χ1) is 18.0. The van der Waals surface area contributed by atoms with Crippen LogP contribution in [0.2, 0.25) is 0 Å². The number of fused-ring (bicyclic) bond motifs is 1. The van der Waals surface area contributed by atoms with E-state index in [4.69, 9.17) is 10.1 Å². The van der Waals surface area contributed by atoms with Gasteiger partial charge in [0.25, 0.3) is 0 Å². The second-order valence-corrected chi connectivity index (χ2v) is 8.47. The molecule has 2 heterocycles.